The fourth-order valence-corrected chi connectivity index (χ4v) is 6.39. The Hall–Kier alpha value is -2.40. The van der Waals surface area contributed by atoms with E-state index in [4.69, 9.17) is 18.9 Å². The summed E-state index contributed by atoms with van der Waals surface area (Å²) in [6.45, 7) is 10.6. The maximum Gasteiger partial charge on any atom is 0.308 e. The van der Waals surface area contributed by atoms with Crippen LogP contribution in [-0.4, -0.2) is 111 Å². The molecule has 1 amide bonds. The second kappa shape index (κ2) is 14.2. The van der Waals surface area contributed by atoms with Crippen molar-refractivity contribution < 1.29 is 33.6 Å². The molecule has 4 rings (SSSR count). The van der Waals surface area contributed by atoms with E-state index in [-0.39, 0.29) is 31.2 Å². The quantitative estimate of drug-likeness (QED) is 0.314. The number of fused-ring (bicyclic) bond motifs is 1. The summed E-state index contributed by atoms with van der Waals surface area (Å²) in [5.41, 5.74) is 0.452. The normalized spacial score (nSPS) is 23.0. The molecular weight excluding hydrogens is 526 g/mol. The molecule has 3 atom stereocenters. The average molecular weight is 576 g/mol. The lowest BCUT2D eigenvalue weighted by atomic mass is 9.77. The number of hydrogen-bond acceptors (Lipinski definition) is 8. The molecule has 1 aromatic carbocycles. The van der Waals surface area contributed by atoms with Gasteiger partial charge in [-0.2, -0.15) is 0 Å². The minimum atomic E-state index is -0.858. The Morgan fingerprint density at radius 1 is 1.02 bits per heavy atom. The number of ether oxygens (including phenoxy) is 4. The number of carboxylic acids is 1. The molecule has 10 heteroatoms. The number of benzene rings is 1. The number of likely N-dealkylation sites (tertiary alicyclic amines) is 1. The number of amides is 1. The minimum Gasteiger partial charge on any atom is -0.481 e. The fraction of sp³-hybridized carbons (Fsp3) is 0.742. The summed E-state index contributed by atoms with van der Waals surface area (Å²) in [5, 5.41) is 10.6. The van der Waals surface area contributed by atoms with E-state index in [9.17, 15) is 14.7 Å². The van der Waals surface area contributed by atoms with Crippen LogP contribution in [0.2, 0.25) is 0 Å². The Bertz CT molecular complexity index is 1030. The molecule has 3 unspecified atom stereocenters. The van der Waals surface area contributed by atoms with Crippen LogP contribution in [0.5, 0.6) is 11.5 Å². The van der Waals surface area contributed by atoms with Gasteiger partial charge in [-0.15, -0.1) is 0 Å². The Morgan fingerprint density at radius 2 is 1.71 bits per heavy atom. The van der Waals surface area contributed by atoms with E-state index in [0.29, 0.717) is 44.2 Å². The van der Waals surface area contributed by atoms with Crippen molar-refractivity contribution in [3.8, 4) is 11.5 Å². The lowest BCUT2D eigenvalue weighted by Crippen LogP contribution is -2.47. The van der Waals surface area contributed by atoms with Crippen LogP contribution >= 0.6 is 0 Å². The monoisotopic (exact) mass is 575 g/mol. The third-order valence-corrected chi connectivity index (χ3v) is 8.61. The number of aliphatic carboxylic acids is 1. The third kappa shape index (κ3) is 7.91. The van der Waals surface area contributed by atoms with Gasteiger partial charge in [-0.05, 0) is 64.0 Å². The van der Waals surface area contributed by atoms with Crippen LogP contribution in [0.1, 0.15) is 64.4 Å². The van der Waals surface area contributed by atoms with Gasteiger partial charge >= 0.3 is 5.97 Å². The Kier molecular flexibility index (Phi) is 10.9. The van der Waals surface area contributed by atoms with Crippen LogP contribution in [0.4, 0.5) is 0 Å². The highest BCUT2D eigenvalue weighted by atomic mass is 16.7. The molecule has 1 N–H and O–H groups in total. The molecule has 230 valence electrons. The van der Waals surface area contributed by atoms with E-state index in [1.807, 2.05) is 23.1 Å². The second-order valence-electron chi connectivity index (χ2n) is 12.6. The zero-order chi connectivity index (χ0) is 29.6. The lowest BCUT2D eigenvalue weighted by Gasteiger charge is -2.37. The molecule has 41 heavy (non-hydrogen) atoms. The standard InChI is InChI=1S/C31H49N3O7/c1-6-7-13-33(14-9-8-12-32(4)5)27(35)20-34-19-23(22-10-11-25-26(17-22)41-21-40-25)28(29(36)37)24(34)18-31(2,3)30-38-15-16-39-30/h10-11,17,23-24,28,30H,6-9,12-16,18-21H2,1-5H3,(H,36,37). The first-order valence-electron chi connectivity index (χ1n) is 15.1. The molecule has 3 heterocycles. The van der Waals surface area contributed by atoms with Gasteiger partial charge in [0.25, 0.3) is 0 Å². The van der Waals surface area contributed by atoms with Crippen LogP contribution in [0, 0.1) is 11.3 Å². The second-order valence-corrected chi connectivity index (χ2v) is 12.6. The smallest absolute Gasteiger partial charge is 0.308 e. The number of hydrogen-bond donors (Lipinski definition) is 1. The molecule has 3 aliphatic rings. The van der Waals surface area contributed by atoms with Crippen molar-refractivity contribution in [2.75, 3.05) is 66.8 Å². The van der Waals surface area contributed by atoms with Gasteiger partial charge in [0.05, 0.1) is 25.7 Å². The maximum absolute atomic E-state index is 13.8. The van der Waals surface area contributed by atoms with E-state index >= 15 is 0 Å². The first kappa shape index (κ1) is 31.5. The van der Waals surface area contributed by atoms with Gasteiger partial charge < -0.3 is 33.9 Å². The first-order chi connectivity index (χ1) is 19.6. The van der Waals surface area contributed by atoms with Crippen molar-refractivity contribution in [3.63, 3.8) is 0 Å². The van der Waals surface area contributed by atoms with Gasteiger partial charge in [-0.3, -0.25) is 14.5 Å². The van der Waals surface area contributed by atoms with Crippen molar-refractivity contribution in [2.24, 2.45) is 11.3 Å². The summed E-state index contributed by atoms with van der Waals surface area (Å²) in [6.07, 6.45) is 4.05. The van der Waals surface area contributed by atoms with Gasteiger partial charge in [0, 0.05) is 37.0 Å². The highest BCUT2D eigenvalue weighted by Gasteiger charge is 2.50. The summed E-state index contributed by atoms with van der Waals surface area (Å²) in [5.74, 6) is -0.495. The number of rotatable bonds is 15. The van der Waals surface area contributed by atoms with Crippen LogP contribution in [0.15, 0.2) is 18.2 Å². The Labute approximate surface area is 244 Å². The summed E-state index contributed by atoms with van der Waals surface area (Å²) >= 11 is 0. The van der Waals surface area contributed by atoms with Crippen molar-refractivity contribution in [3.05, 3.63) is 23.8 Å². The van der Waals surface area contributed by atoms with Crippen molar-refractivity contribution >= 4 is 11.9 Å². The molecule has 0 aliphatic carbocycles. The molecule has 2 fully saturated rings. The number of carbonyl (C=O) groups excluding carboxylic acids is 1. The van der Waals surface area contributed by atoms with E-state index in [1.165, 1.54) is 0 Å². The van der Waals surface area contributed by atoms with Crippen molar-refractivity contribution in [1.82, 2.24) is 14.7 Å². The first-order valence-corrected chi connectivity index (χ1v) is 15.1. The van der Waals surface area contributed by atoms with E-state index in [1.54, 1.807) is 0 Å². The Morgan fingerprint density at radius 3 is 2.39 bits per heavy atom. The summed E-state index contributed by atoms with van der Waals surface area (Å²) in [4.78, 5) is 33.0. The maximum atomic E-state index is 13.8. The highest BCUT2D eigenvalue weighted by molar-refractivity contribution is 5.79. The summed E-state index contributed by atoms with van der Waals surface area (Å²) in [7, 11) is 4.12. The minimum absolute atomic E-state index is 0.0648. The fourth-order valence-electron chi connectivity index (χ4n) is 6.39. The zero-order valence-electron chi connectivity index (χ0n) is 25.5. The van der Waals surface area contributed by atoms with E-state index < -0.39 is 23.6 Å². The molecule has 0 saturated carbocycles. The van der Waals surface area contributed by atoms with Gasteiger partial charge in [-0.25, -0.2) is 0 Å². The number of nitrogens with zero attached hydrogens (tertiary/aromatic N) is 3. The lowest BCUT2D eigenvalue weighted by molar-refractivity contribution is -0.148. The predicted molar refractivity (Wildman–Crippen MR) is 155 cm³/mol. The SMILES string of the molecule is CCCCN(CCCCN(C)C)C(=O)CN1CC(c2ccc3c(c2)OCO3)C(C(=O)O)C1CC(C)(C)C1OCCO1. The molecule has 0 spiro atoms. The van der Waals surface area contributed by atoms with E-state index in [2.05, 4.69) is 44.7 Å². The summed E-state index contributed by atoms with van der Waals surface area (Å²) in [6, 6.07) is 5.32. The van der Waals surface area contributed by atoms with Crippen molar-refractivity contribution in [2.45, 2.75) is 71.1 Å². The molecule has 0 aromatic heterocycles. The van der Waals surface area contributed by atoms with Crippen LogP contribution in [-0.2, 0) is 19.1 Å². The molecule has 0 bridgehead atoms. The predicted octanol–water partition coefficient (Wildman–Crippen LogP) is 3.64. The van der Waals surface area contributed by atoms with E-state index in [0.717, 1.165) is 44.3 Å². The van der Waals surface area contributed by atoms with Gasteiger partial charge in [-0.1, -0.05) is 33.3 Å². The topological polar surface area (TPSA) is 101 Å². The molecular formula is C31H49N3O7. The summed E-state index contributed by atoms with van der Waals surface area (Å²) < 4.78 is 22.8. The molecule has 0 radical (unpaired) electrons. The van der Waals surface area contributed by atoms with Gasteiger partial charge in [0.1, 0.15) is 0 Å². The van der Waals surface area contributed by atoms with Crippen LogP contribution < -0.4 is 9.47 Å². The average Bonchev–Trinajstić information content (AvgIpc) is 3.68. The number of unbranched alkanes of at least 4 members (excludes halogenated alkanes) is 2. The largest absolute Gasteiger partial charge is 0.481 e. The number of carboxylic acid groups (broad SMARTS) is 1. The molecule has 1 aromatic rings. The molecule has 3 aliphatic heterocycles. The Balaban J connectivity index is 1.58. The zero-order valence-corrected chi connectivity index (χ0v) is 25.5. The van der Waals surface area contributed by atoms with Crippen molar-refractivity contribution in [1.29, 1.82) is 0 Å². The third-order valence-electron chi connectivity index (χ3n) is 8.61. The molecule has 2 saturated heterocycles. The molecule has 10 nitrogen and oxygen atoms in total. The number of carbonyl (C=O) groups is 2. The van der Waals surface area contributed by atoms with Crippen LogP contribution in [0.3, 0.4) is 0 Å². The van der Waals surface area contributed by atoms with Crippen LogP contribution in [0.25, 0.3) is 0 Å². The van der Waals surface area contributed by atoms with Gasteiger partial charge in [0.15, 0.2) is 17.8 Å². The highest BCUT2D eigenvalue weighted by Crippen LogP contribution is 2.46. The van der Waals surface area contributed by atoms with Gasteiger partial charge in [0.2, 0.25) is 12.7 Å².